The van der Waals surface area contributed by atoms with Crippen molar-refractivity contribution in [2.24, 2.45) is 5.92 Å². The Morgan fingerprint density at radius 3 is 2.38 bits per heavy atom. The molecule has 3 unspecified atom stereocenters. The van der Waals surface area contributed by atoms with E-state index in [0.717, 1.165) is 5.57 Å². The molecular formula is C17H27NO2Si. The van der Waals surface area contributed by atoms with Crippen LogP contribution in [0.1, 0.15) is 27.7 Å². The highest BCUT2D eigenvalue weighted by atomic mass is 28.4. The van der Waals surface area contributed by atoms with Gasteiger partial charge >= 0.3 is 0 Å². The van der Waals surface area contributed by atoms with Crippen molar-refractivity contribution in [1.29, 1.82) is 0 Å². The van der Waals surface area contributed by atoms with Crippen LogP contribution < -0.4 is 5.32 Å². The first-order valence-corrected chi connectivity index (χ1v) is 10.2. The summed E-state index contributed by atoms with van der Waals surface area (Å²) in [6.07, 6.45) is 1.58. The number of carbonyl (C=O) groups excluding carboxylic acids is 1. The highest BCUT2D eigenvalue weighted by molar-refractivity contribution is 6.74. The summed E-state index contributed by atoms with van der Waals surface area (Å²) in [6, 6.07) is -0.107. The number of amides is 1. The SMILES string of the molecule is C=C=CC(=C=C)C1NC(=O)C1C(C)O[Si](C)(C)C(C)(C)C. The molecule has 1 heterocycles. The van der Waals surface area contributed by atoms with Crippen molar-refractivity contribution in [2.45, 2.75) is 58.0 Å². The van der Waals surface area contributed by atoms with Gasteiger partial charge in [-0.3, -0.25) is 4.79 Å². The van der Waals surface area contributed by atoms with Crippen molar-refractivity contribution in [3.8, 4) is 0 Å². The number of hydrogen-bond donors (Lipinski definition) is 1. The summed E-state index contributed by atoms with van der Waals surface area (Å²) in [7, 11) is -1.90. The molecule has 3 nitrogen and oxygen atoms in total. The van der Waals surface area contributed by atoms with E-state index in [1.165, 1.54) is 0 Å². The van der Waals surface area contributed by atoms with Gasteiger partial charge in [0, 0.05) is 5.57 Å². The summed E-state index contributed by atoms with van der Waals surface area (Å²) in [4.78, 5) is 12.0. The van der Waals surface area contributed by atoms with Gasteiger partial charge in [0.1, 0.15) is 0 Å². The first kappa shape index (κ1) is 17.7. The molecule has 0 spiro atoms. The molecule has 0 aliphatic carbocycles. The molecule has 116 valence electrons. The lowest BCUT2D eigenvalue weighted by molar-refractivity contribution is -0.138. The predicted molar refractivity (Wildman–Crippen MR) is 89.5 cm³/mol. The zero-order chi connectivity index (χ0) is 16.4. The van der Waals surface area contributed by atoms with Crippen LogP contribution in [0.3, 0.4) is 0 Å². The van der Waals surface area contributed by atoms with Crippen LogP contribution in [-0.4, -0.2) is 26.4 Å². The Kier molecular flexibility index (Phi) is 5.24. The molecular weight excluding hydrogens is 278 g/mol. The average molecular weight is 305 g/mol. The van der Waals surface area contributed by atoms with Gasteiger partial charge in [0.25, 0.3) is 0 Å². The molecule has 1 N–H and O–H groups in total. The molecule has 0 bridgehead atoms. The van der Waals surface area contributed by atoms with Gasteiger partial charge in [0.15, 0.2) is 8.32 Å². The van der Waals surface area contributed by atoms with Crippen molar-refractivity contribution < 1.29 is 9.22 Å². The number of nitrogens with one attached hydrogen (secondary N) is 1. The van der Waals surface area contributed by atoms with Crippen LogP contribution in [0.25, 0.3) is 0 Å². The van der Waals surface area contributed by atoms with Crippen molar-refractivity contribution in [3.63, 3.8) is 0 Å². The van der Waals surface area contributed by atoms with Crippen LogP contribution in [0, 0.1) is 5.92 Å². The molecule has 0 aromatic heterocycles. The number of rotatable bonds is 5. The van der Waals surface area contributed by atoms with Gasteiger partial charge in [0.05, 0.1) is 18.1 Å². The maximum absolute atomic E-state index is 12.0. The minimum absolute atomic E-state index is 0.0245. The maximum Gasteiger partial charge on any atom is 0.228 e. The monoisotopic (exact) mass is 305 g/mol. The third-order valence-corrected chi connectivity index (χ3v) is 9.12. The Balaban J connectivity index is 2.91. The Morgan fingerprint density at radius 1 is 1.43 bits per heavy atom. The summed E-state index contributed by atoms with van der Waals surface area (Å²) in [5, 5.41) is 3.01. The normalized spacial score (nSPS) is 23.2. The highest BCUT2D eigenvalue weighted by Gasteiger charge is 2.48. The first-order chi connectivity index (χ1) is 9.55. The zero-order valence-corrected chi connectivity index (χ0v) is 15.0. The molecule has 0 aromatic carbocycles. The third-order valence-electron chi connectivity index (χ3n) is 4.55. The van der Waals surface area contributed by atoms with Crippen molar-refractivity contribution in [3.05, 3.63) is 36.3 Å². The number of β-lactam (4-membered cyclic amide) rings is 1. The average Bonchev–Trinajstić information content (AvgIpc) is 2.31. The molecule has 1 aliphatic heterocycles. The second-order valence-electron chi connectivity index (χ2n) is 7.08. The van der Waals surface area contributed by atoms with Crippen LogP contribution in [-0.2, 0) is 9.22 Å². The minimum atomic E-state index is -1.90. The second kappa shape index (κ2) is 6.21. The fourth-order valence-electron chi connectivity index (χ4n) is 2.23. The Bertz CT molecular complexity index is 517. The standard InChI is InChI=1S/C17H27NO2Si/c1-9-11-13(10-2)15-14(16(19)18-15)12(3)20-21(7,8)17(4,5)6/h11-12,14-15H,1-2H2,3-8H3,(H,18,19). The van der Waals surface area contributed by atoms with E-state index in [1.807, 2.05) is 6.92 Å². The first-order valence-electron chi connectivity index (χ1n) is 7.29. The molecule has 1 fully saturated rings. The third kappa shape index (κ3) is 3.66. The lowest BCUT2D eigenvalue weighted by Crippen LogP contribution is -2.64. The van der Waals surface area contributed by atoms with Crippen LogP contribution in [0.5, 0.6) is 0 Å². The van der Waals surface area contributed by atoms with E-state index in [-0.39, 0.29) is 29.0 Å². The molecule has 1 amide bonds. The van der Waals surface area contributed by atoms with Gasteiger partial charge in [-0.15, -0.1) is 11.5 Å². The summed E-state index contributed by atoms with van der Waals surface area (Å²) < 4.78 is 6.35. The summed E-state index contributed by atoms with van der Waals surface area (Å²) in [5.74, 6) is -0.176. The van der Waals surface area contributed by atoms with Gasteiger partial charge in [-0.25, -0.2) is 0 Å². The minimum Gasteiger partial charge on any atom is -0.413 e. The lowest BCUT2D eigenvalue weighted by Gasteiger charge is -2.45. The van der Waals surface area contributed by atoms with E-state index in [4.69, 9.17) is 4.43 Å². The van der Waals surface area contributed by atoms with Crippen LogP contribution in [0.15, 0.2) is 36.3 Å². The van der Waals surface area contributed by atoms with E-state index >= 15 is 0 Å². The molecule has 0 radical (unpaired) electrons. The highest BCUT2D eigenvalue weighted by Crippen LogP contribution is 2.39. The summed E-state index contributed by atoms with van der Waals surface area (Å²) >= 11 is 0. The van der Waals surface area contributed by atoms with Crippen LogP contribution in [0.4, 0.5) is 0 Å². The van der Waals surface area contributed by atoms with E-state index in [1.54, 1.807) is 6.08 Å². The molecule has 0 saturated carbocycles. The van der Waals surface area contributed by atoms with Crippen molar-refractivity contribution >= 4 is 14.2 Å². The van der Waals surface area contributed by atoms with Crippen LogP contribution in [0.2, 0.25) is 18.1 Å². The molecule has 1 rings (SSSR count). The van der Waals surface area contributed by atoms with Crippen LogP contribution >= 0.6 is 0 Å². The van der Waals surface area contributed by atoms with Gasteiger partial charge in [-0.2, -0.15) is 0 Å². The Labute approximate surface area is 129 Å². The number of hydrogen-bond acceptors (Lipinski definition) is 2. The smallest absolute Gasteiger partial charge is 0.228 e. The lowest BCUT2D eigenvalue weighted by atomic mass is 9.81. The fourth-order valence-corrected chi connectivity index (χ4v) is 3.65. The molecule has 21 heavy (non-hydrogen) atoms. The maximum atomic E-state index is 12.0. The van der Waals surface area contributed by atoms with E-state index in [0.29, 0.717) is 0 Å². The molecule has 0 aromatic rings. The predicted octanol–water partition coefficient (Wildman–Crippen LogP) is 3.56. The van der Waals surface area contributed by atoms with Crippen molar-refractivity contribution in [2.75, 3.05) is 0 Å². The molecule has 4 heteroatoms. The summed E-state index contributed by atoms with van der Waals surface area (Å²) in [5.41, 5.74) is 6.38. The van der Waals surface area contributed by atoms with Gasteiger partial charge in [0.2, 0.25) is 5.91 Å². The van der Waals surface area contributed by atoms with E-state index in [9.17, 15) is 4.79 Å². The molecule has 3 atom stereocenters. The fraction of sp³-hybridized carbons (Fsp3) is 0.588. The largest absolute Gasteiger partial charge is 0.413 e. The molecule has 1 aliphatic rings. The number of carbonyl (C=O) groups is 1. The Morgan fingerprint density at radius 2 is 2.00 bits per heavy atom. The summed E-state index contributed by atoms with van der Waals surface area (Å²) in [6.45, 7) is 20.2. The van der Waals surface area contributed by atoms with Crippen molar-refractivity contribution in [1.82, 2.24) is 5.32 Å². The quantitative estimate of drug-likeness (QED) is 0.365. The second-order valence-corrected chi connectivity index (χ2v) is 11.8. The topological polar surface area (TPSA) is 38.3 Å². The molecule has 1 saturated heterocycles. The van der Waals surface area contributed by atoms with E-state index in [2.05, 4.69) is 63.8 Å². The van der Waals surface area contributed by atoms with Gasteiger partial charge in [-0.1, -0.05) is 33.9 Å². The van der Waals surface area contributed by atoms with Gasteiger partial charge < -0.3 is 9.74 Å². The Hall–Kier alpha value is -1.31. The van der Waals surface area contributed by atoms with E-state index < -0.39 is 8.32 Å². The zero-order valence-electron chi connectivity index (χ0n) is 14.0. The van der Waals surface area contributed by atoms with Gasteiger partial charge in [-0.05, 0) is 31.1 Å².